The Morgan fingerprint density at radius 3 is 2.21 bits per heavy atom. The third kappa shape index (κ3) is 2.26. The third-order valence-corrected chi connectivity index (χ3v) is 4.82. The molecule has 0 aliphatic heterocycles. The van der Waals surface area contributed by atoms with Gasteiger partial charge in [0.1, 0.15) is 0 Å². The van der Waals surface area contributed by atoms with Gasteiger partial charge in [-0.25, -0.2) is 8.42 Å². The van der Waals surface area contributed by atoms with Gasteiger partial charge in [-0.3, -0.25) is 4.79 Å². The Hall–Kier alpha value is -0.580. The Morgan fingerprint density at radius 1 is 1.36 bits per heavy atom. The van der Waals surface area contributed by atoms with Gasteiger partial charge in [0.2, 0.25) is 0 Å². The fourth-order valence-corrected chi connectivity index (χ4v) is 3.45. The van der Waals surface area contributed by atoms with Crippen molar-refractivity contribution >= 4 is 15.8 Å². The second-order valence-corrected chi connectivity index (χ2v) is 6.32. The SMILES string of the molecule is CCS(=O)(=O)CC1(C(=O)O)CCCC1. The molecule has 1 aliphatic rings. The van der Waals surface area contributed by atoms with E-state index in [9.17, 15) is 13.2 Å². The summed E-state index contributed by atoms with van der Waals surface area (Å²) in [4.78, 5) is 11.1. The normalized spacial score (nSPS) is 20.9. The molecule has 0 unspecified atom stereocenters. The highest BCUT2D eigenvalue weighted by atomic mass is 32.2. The van der Waals surface area contributed by atoms with Crippen LogP contribution in [0, 0.1) is 5.41 Å². The van der Waals surface area contributed by atoms with E-state index in [1.807, 2.05) is 0 Å². The minimum atomic E-state index is -3.19. The Kier molecular flexibility index (Phi) is 3.19. The van der Waals surface area contributed by atoms with Crippen molar-refractivity contribution in [2.45, 2.75) is 32.6 Å². The summed E-state index contributed by atoms with van der Waals surface area (Å²) in [5.41, 5.74) is -0.991. The van der Waals surface area contributed by atoms with Crippen molar-refractivity contribution in [1.29, 1.82) is 0 Å². The van der Waals surface area contributed by atoms with Crippen LogP contribution in [-0.2, 0) is 14.6 Å². The van der Waals surface area contributed by atoms with Gasteiger partial charge < -0.3 is 5.11 Å². The van der Waals surface area contributed by atoms with Crippen LogP contribution < -0.4 is 0 Å². The lowest BCUT2D eigenvalue weighted by Crippen LogP contribution is -2.36. The van der Waals surface area contributed by atoms with Crippen LogP contribution in [-0.4, -0.2) is 31.0 Å². The fourth-order valence-electron chi connectivity index (χ4n) is 1.99. The lowest BCUT2D eigenvalue weighted by atomic mass is 9.89. The molecule has 14 heavy (non-hydrogen) atoms. The molecule has 0 aromatic rings. The van der Waals surface area contributed by atoms with E-state index in [2.05, 4.69) is 0 Å². The van der Waals surface area contributed by atoms with Crippen molar-refractivity contribution in [3.8, 4) is 0 Å². The zero-order chi connectivity index (χ0) is 10.8. The molecule has 0 radical (unpaired) electrons. The summed E-state index contributed by atoms with van der Waals surface area (Å²) in [6.45, 7) is 1.56. The molecule has 0 aromatic carbocycles. The first-order valence-electron chi connectivity index (χ1n) is 4.86. The number of rotatable bonds is 4. The van der Waals surface area contributed by atoms with Crippen LogP contribution in [0.5, 0.6) is 0 Å². The zero-order valence-corrected chi connectivity index (χ0v) is 9.14. The summed E-state index contributed by atoms with van der Waals surface area (Å²) in [5.74, 6) is -1.11. The lowest BCUT2D eigenvalue weighted by molar-refractivity contribution is -0.147. The first-order valence-corrected chi connectivity index (χ1v) is 6.68. The fraction of sp³-hybridized carbons (Fsp3) is 0.889. The molecule has 1 saturated carbocycles. The quantitative estimate of drug-likeness (QED) is 0.769. The first kappa shape index (κ1) is 11.5. The molecular weight excluding hydrogens is 204 g/mol. The van der Waals surface area contributed by atoms with E-state index in [1.54, 1.807) is 6.92 Å². The van der Waals surface area contributed by atoms with Crippen molar-refractivity contribution in [2.24, 2.45) is 5.41 Å². The number of hydrogen-bond acceptors (Lipinski definition) is 3. The van der Waals surface area contributed by atoms with Crippen LogP contribution in [0.15, 0.2) is 0 Å². The lowest BCUT2D eigenvalue weighted by Gasteiger charge is -2.22. The molecule has 0 saturated heterocycles. The van der Waals surface area contributed by atoms with Gasteiger partial charge in [-0.05, 0) is 12.8 Å². The first-order chi connectivity index (χ1) is 6.42. The maximum Gasteiger partial charge on any atom is 0.310 e. The summed E-state index contributed by atoms with van der Waals surface area (Å²) < 4.78 is 22.8. The van der Waals surface area contributed by atoms with E-state index >= 15 is 0 Å². The number of sulfone groups is 1. The molecule has 4 nitrogen and oxygen atoms in total. The Labute approximate surface area is 84.2 Å². The molecular formula is C9H16O4S. The van der Waals surface area contributed by atoms with Gasteiger partial charge in [0.25, 0.3) is 0 Å². The molecule has 0 heterocycles. The van der Waals surface area contributed by atoms with E-state index in [4.69, 9.17) is 5.11 Å². The van der Waals surface area contributed by atoms with E-state index in [0.717, 1.165) is 12.8 Å². The average molecular weight is 220 g/mol. The molecule has 0 bridgehead atoms. The molecule has 1 N–H and O–H groups in total. The van der Waals surface area contributed by atoms with Crippen molar-refractivity contribution in [1.82, 2.24) is 0 Å². The summed E-state index contributed by atoms with van der Waals surface area (Å²) in [7, 11) is -3.19. The average Bonchev–Trinajstić information content (AvgIpc) is 2.53. The second kappa shape index (κ2) is 3.88. The molecule has 82 valence electrons. The molecule has 1 aliphatic carbocycles. The summed E-state index contributed by atoms with van der Waals surface area (Å²) >= 11 is 0. The van der Waals surface area contributed by atoms with Crippen molar-refractivity contribution in [3.63, 3.8) is 0 Å². The minimum absolute atomic E-state index is 0.0298. The molecule has 0 atom stereocenters. The smallest absolute Gasteiger partial charge is 0.310 e. The number of aliphatic carboxylic acids is 1. The van der Waals surface area contributed by atoms with Crippen molar-refractivity contribution < 1.29 is 18.3 Å². The van der Waals surface area contributed by atoms with Gasteiger partial charge in [-0.1, -0.05) is 19.8 Å². The van der Waals surface area contributed by atoms with Crippen LogP contribution in [0.4, 0.5) is 0 Å². The maximum atomic E-state index is 11.4. The van der Waals surface area contributed by atoms with Crippen LogP contribution in [0.1, 0.15) is 32.6 Å². The summed E-state index contributed by atoms with van der Waals surface area (Å²) in [6, 6.07) is 0. The minimum Gasteiger partial charge on any atom is -0.481 e. The largest absolute Gasteiger partial charge is 0.481 e. The highest BCUT2D eigenvalue weighted by Crippen LogP contribution is 2.39. The zero-order valence-electron chi connectivity index (χ0n) is 8.32. The highest BCUT2D eigenvalue weighted by Gasteiger charge is 2.44. The topological polar surface area (TPSA) is 71.4 Å². The number of carbonyl (C=O) groups is 1. The predicted molar refractivity (Wildman–Crippen MR) is 52.9 cm³/mol. The van der Waals surface area contributed by atoms with Gasteiger partial charge in [-0.15, -0.1) is 0 Å². The number of hydrogen-bond donors (Lipinski definition) is 1. The highest BCUT2D eigenvalue weighted by molar-refractivity contribution is 7.91. The Balaban J connectivity index is 2.86. The number of carboxylic acids is 1. The maximum absolute atomic E-state index is 11.4. The van der Waals surface area contributed by atoms with E-state index < -0.39 is 21.2 Å². The number of carboxylic acid groups (broad SMARTS) is 1. The monoisotopic (exact) mass is 220 g/mol. The van der Waals surface area contributed by atoms with Crippen LogP contribution in [0.3, 0.4) is 0 Å². The van der Waals surface area contributed by atoms with Crippen LogP contribution in [0.2, 0.25) is 0 Å². The van der Waals surface area contributed by atoms with Gasteiger partial charge in [0.05, 0.1) is 11.2 Å². The second-order valence-electron chi connectivity index (χ2n) is 3.97. The molecule has 0 spiro atoms. The van der Waals surface area contributed by atoms with E-state index in [1.165, 1.54) is 0 Å². The molecule has 1 fully saturated rings. The van der Waals surface area contributed by atoms with E-state index in [0.29, 0.717) is 12.8 Å². The predicted octanol–water partition coefficient (Wildman–Crippen LogP) is 1.07. The molecule has 1 rings (SSSR count). The van der Waals surface area contributed by atoms with Gasteiger partial charge in [0, 0.05) is 5.75 Å². The molecule has 0 aromatic heterocycles. The van der Waals surface area contributed by atoms with Crippen LogP contribution >= 0.6 is 0 Å². The molecule has 5 heteroatoms. The van der Waals surface area contributed by atoms with Gasteiger partial charge >= 0.3 is 5.97 Å². The summed E-state index contributed by atoms with van der Waals surface area (Å²) in [5, 5.41) is 9.06. The summed E-state index contributed by atoms with van der Waals surface area (Å²) in [6.07, 6.45) is 2.65. The third-order valence-electron chi connectivity index (χ3n) is 2.95. The van der Waals surface area contributed by atoms with Crippen LogP contribution in [0.25, 0.3) is 0 Å². The Bertz CT molecular complexity index is 312. The van der Waals surface area contributed by atoms with Crippen molar-refractivity contribution in [3.05, 3.63) is 0 Å². The van der Waals surface area contributed by atoms with E-state index in [-0.39, 0.29) is 11.5 Å². The van der Waals surface area contributed by atoms with Gasteiger partial charge in [0.15, 0.2) is 9.84 Å². The standard InChI is InChI=1S/C9H16O4S/c1-2-14(12,13)7-9(8(10)11)5-3-4-6-9/h2-7H2,1H3,(H,10,11). The Morgan fingerprint density at radius 2 is 1.86 bits per heavy atom. The van der Waals surface area contributed by atoms with Crippen molar-refractivity contribution in [2.75, 3.05) is 11.5 Å². The van der Waals surface area contributed by atoms with Gasteiger partial charge in [-0.2, -0.15) is 0 Å². The molecule has 0 amide bonds.